The van der Waals surface area contributed by atoms with Crippen LogP contribution in [0.3, 0.4) is 0 Å². The Labute approximate surface area is 168 Å². The Morgan fingerprint density at radius 1 is 1.21 bits per heavy atom. The highest BCUT2D eigenvalue weighted by Crippen LogP contribution is 2.27. The molecule has 0 amide bonds. The van der Waals surface area contributed by atoms with E-state index in [0.29, 0.717) is 19.1 Å². The summed E-state index contributed by atoms with van der Waals surface area (Å²) in [5.41, 5.74) is 1.58. The third kappa shape index (κ3) is 6.90. The fraction of sp³-hybridized carbons (Fsp3) is 0.700. The summed E-state index contributed by atoms with van der Waals surface area (Å²) in [6.45, 7) is 5.42. The number of sulfonamides is 1. The SMILES string of the molecule is COCCN(C)c1cc(F)cc(NCC2CCC(NS(=O)(=O)C(C)C)CC2)c1. The molecule has 1 fully saturated rings. The topological polar surface area (TPSA) is 70.7 Å². The molecule has 1 saturated carbocycles. The first-order valence-electron chi connectivity index (χ1n) is 9.97. The third-order valence-electron chi connectivity index (χ3n) is 5.35. The van der Waals surface area contributed by atoms with Gasteiger partial charge in [-0.25, -0.2) is 17.5 Å². The maximum atomic E-state index is 14.0. The molecule has 0 spiro atoms. The molecule has 1 aliphatic carbocycles. The second kappa shape index (κ2) is 10.4. The van der Waals surface area contributed by atoms with Crippen molar-refractivity contribution in [3.05, 3.63) is 24.0 Å². The van der Waals surface area contributed by atoms with Crippen LogP contribution in [-0.4, -0.2) is 53.6 Å². The zero-order valence-electron chi connectivity index (χ0n) is 17.4. The summed E-state index contributed by atoms with van der Waals surface area (Å²) >= 11 is 0. The van der Waals surface area contributed by atoms with Gasteiger partial charge in [0.05, 0.1) is 11.9 Å². The summed E-state index contributed by atoms with van der Waals surface area (Å²) < 4.78 is 45.9. The van der Waals surface area contributed by atoms with Crippen molar-refractivity contribution in [1.82, 2.24) is 4.72 Å². The Bertz CT molecular complexity index is 719. The Morgan fingerprint density at radius 2 is 1.89 bits per heavy atom. The smallest absolute Gasteiger partial charge is 0.214 e. The van der Waals surface area contributed by atoms with E-state index in [-0.39, 0.29) is 11.9 Å². The first-order chi connectivity index (χ1) is 13.2. The molecule has 0 heterocycles. The number of methoxy groups -OCH3 is 1. The number of likely N-dealkylation sites (N-methyl/N-ethyl adjacent to an activating group) is 1. The minimum atomic E-state index is -3.22. The summed E-state index contributed by atoms with van der Waals surface area (Å²) in [6, 6.07) is 5.00. The van der Waals surface area contributed by atoms with Gasteiger partial charge in [0.2, 0.25) is 10.0 Å². The van der Waals surface area contributed by atoms with Crippen molar-refractivity contribution >= 4 is 21.4 Å². The van der Waals surface area contributed by atoms with Crippen molar-refractivity contribution in [3.63, 3.8) is 0 Å². The van der Waals surface area contributed by atoms with Gasteiger partial charge in [-0.3, -0.25) is 0 Å². The predicted octanol–water partition coefficient (Wildman–Crippen LogP) is 3.21. The van der Waals surface area contributed by atoms with Crippen molar-refractivity contribution < 1.29 is 17.5 Å². The molecule has 160 valence electrons. The standard InChI is InChI=1S/C20H34FN3O3S/c1-15(2)28(25,26)23-18-7-5-16(6-8-18)14-22-19-11-17(21)12-20(13-19)24(3)9-10-27-4/h11-13,15-16,18,22-23H,5-10,14H2,1-4H3. The van der Waals surface area contributed by atoms with Gasteiger partial charge in [0, 0.05) is 44.7 Å². The highest BCUT2D eigenvalue weighted by Gasteiger charge is 2.26. The molecule has 0 aromatic heterocycles. The fourth-order valence-corrected chi connectivity index (χ4v) is 4.34. The third-order valence-corrected chi connectivity index (χ3v) is 7.25. The van der Waals surface area contributed by atoms with E-state index in [2.05, 4.69) is 10.0 Å². The number of ether oxygens (including phenoxy) is 1. The molecule has 28 heavy (non-hydrogen) atoms. The van der Waals surface area contributed by atoms with Crippen LogP contribution in [0, 0.1) is 11.7 Å². The molecule has 1 aromatic rings. The number of nitrogens with one attached hydrogen (secondary N) is 2. The van der Waals surface area contributed by atoms with E-state index < -0.39 is 15.3 Å². The van der Waals surface area contributed by atoms with Gasteiger partial charge in [-0.2, -0.15) is 0 Å². The van der Waals surface area contributed by atoms with Crippen molar-refractivity contribution in [3.8, 4) is 0 Å². The maximum Gasteiger partial charge on any atom is 0.214 e. The minimum Gasteiger partial charge on any atom is -0.385 e. The van der Waals surface area contributed by atoms with Crippen LogP contribution < -0.4 is 14.9 Å². The van der Waals surface area contributed by atoms with Gasteiger partial charge in [-0.15, -0.1) is 0 Å². The molecule has 1 aliphatic rings. The van der Waals surface area contributed by atoms with E-state index in [4.69, 9.17) is 4.74 Å². The van der Waals surface area contributed by atoms with Gasteiger partial charge >= 0.3 is 0 Å². The van der Waals surface area contributed by atoms with Crippen LogP contribution in [0.25, 0.3) is 0 Å². The van der Waals surface area contributed by atoms with Crippen LogP contribution >= 0.6 is 0 Å². The second-order valence-corrected chi connectivity index (χ2v) is 10.2. The first-order valence-corrected chi connectivity index (χ1v) is 11.5. The lowest BCUT2D eigenvalue weighted by Crippen LogP contribution is -2.41. The Balaban J connectivity index is 1.84. The number of anilines is 2. The number of hydrogen-bond acceptors (Lipinski definition) is 5. The van der Waals surface area contributed by atoms with Crippen LogP contribution in [-0.2, 0) is 14.8 Å². The average molecular weight is 416 g/mol. The van der Waals surface area contributed by atoms with E-state index in [0.717, 1.165) is 43.6 Å². The van der Waals surface area contributed by atoms with Crippen LogP contribution in [0.5, 0.6) is 0 Å². The van der Waals surface area contributed by atoms with Crippen molar-refractivity contribution in [2.75, 3.05) is 44.1 Å². The van der Waals surface area contributed by atoms with E-state index in [1.54, 1.807) is 21.0 Å². The Morgan fingerprint density at radius 3 is 2.50 bits per heavy atom. The monoisotopic (exact) mass is 415 g/mol. The molecule has 8 heteroatoms. The van der Waals surface area contributed by atoms with Gasteiger partial charge in [0.15, 0.2) is 0 Å². The molecule has 2 rings (SSSR count). The lowest BCUT2D eigenvalue weighted by molar-refractivity contribution is 0.206. The van der Waals surface area contributed by atoms with Gasteiger partial charge in [0.1, 0.15) is 5.82 Å². The number of hydrogen-bond donors (Lipinski definition) is 2. The van der Waals surface area contributed by atoms with Gasteiger partial charge in [0.25, 0.3) is 0 Å². The fourth-order valence-electron chi connectivity index (χ4n) is 3.37. The van der Waals surface area contributed by atoms with E-state index in [1.165, 1.54) is 12.1 Å². The summed E-state index contributed by atoms with van der Waals surface area (Å²) in [7, 11) is 0.346. The normalized spacial score (nSPS) is 20.4. The summed E-state index contributed by atoms with van der Waals surface area (Å²) in [6.07, 6.45) is 3.58. The van der Waals surface area contributed by atoms with Crippen LogP contribution in [0.2, 0.25) is 0 Å². The Kier molecular flexibility index (Phi) is 8.52. The van der Waals surface area contributed by atoms with Gasteiger partial charge in [-0.05, 0) is 63.6 Å². The second-order valence-electron chi connectivity index (χ2n) is 7.92. The number of halogens is 1. The lowest BCUT2D eigenvalue weighted by Gasteiger charge is -2.30. The molecule has 1 aromatic carbocycles. The number of rotatable bonds is 10. The zero-order chi connectivity index (χ0) is 20.7. The summed E-state index contributed by atoms with van der Waals surface area (Å²) in [5, 5.41) is 2.94. The average Bonchev–Trinajstić information content (AvgIpc) is 2.64. The molecule has 6 nitrogen and oxygen atoms in total. The van der Waals surface area contributed by atoms with Crippen molar-refractivity contribution in [2.45, 2.75) is 50.8 Å². The maximum absolute atomic E-state index is 14.0. The lowest BCUT2D eigenvalue weighted by atomic mass is 9.86. The van der Waals surface area contributed by atoms with Crippen LogP contribution in [0.4, 0.5) is 15.8 Å². The Hall–Kier alpha value is -1.38. The molecule has 0 saturated heterocycles. The van der Waals surface area contributed by atoms with E-state index in [1.807, 2.05) is 18.0 Å². The van der Waals surface area contributed by atoms with Crippen LogP contribution in [0.15, 0.2) is 18.2 Å². The number of benzene rings is 1. The highest BCUT2D eigenvalue weighted by molar-refractivity contribution is 7.90. The molecule has 2 N–H and O–H groups in total. The summed E-state index contributed by atoms with van der Waals surface area (Å²) in [4.78, 5) is 1.96. The van der Waals surface area contributed by atoms with E-state index in [9.17, 15) is 12.8 Å². The summed E-state index contributed by atoms with van der Waals surface area (Å²) in [5.74, 6) is 0.189. The van der Waals surface area contributed by atoms with Gasteiger partial charge < -0.3 is 15.0 Å². The molecule has 0 bridgehead atoms. The predicted molar refractivity (Wildman–Crippen MR) is 113 cm³/mol. The minimum absolute atomic E-state index is 0.0267. The molecular formula is C20H34FN3O3S. The van der Waals surface area contributed by atoms with Crippen LogP contribution in [0.1, 0.15) is 39.5 Å². The molecule has 0 radical (unpaired) electrons. The molecule has 0 aliphatic heterocycles. The van der Waals surface area contributed by atoms with Crippen molar-refractivity contribution in [2.24, 2.45) is 5.92 Å². The highest BCUT2D eigenvalue weighted by atomic mass is 32.2. The quantitative estimate of drug-likeness (QED) is 0.614. The molecule has 0 atom stereocenters. The largest absolute Gasteiger partial charge is 0.385 e. The molecule has 0 unspecified atom stereocenters. The first kappa shape index (κ1) is 22.9. The number of nitrogens with zero attached hydrogens (tertiary/aromatic N) is 1. The zero-order valence-corrected chi connectivity index (χ0v) is 18.2. The van der Waals surface area contributed by atoms with Gasteiger partial charge in [-0.1, -0.05) is 0 Å². The van der Waals surface area contributed by atoms with Crippen molar-refractivity contribution in [1.29, 1.82) is 0 Å². The van der Waals surface area contributed by atoms with E-state index >= 15 is 0 Å². The molecular weight excluding hydrogens is 381 g/mol.